The Kier molecular flexibility index (Phi) is 8.84. The molecule has 0 atom stereocenters. The number of nitriles is 1. The summed E-state index contributed by atoms with van der Waals surface area (Å²) in [5.41, 5.74) is 16.6. The van der Waals surface area contributed by atoms with Crippen molar-refractivity contribution in [2.24, 2.45) is 0 Å². The average Bonchev–Trinajstić information content (AvgIpc) is 3.71. The Morgan fingerprint density at radius 3 is 1.53 bits per heavy atom. The third-order valence-electron chi connectivity index (χ3n) is 12.6. The van der Waals surface area contributed by atoms with E-state index in [1.807, 2.05) is 48.5 Å². The van der Waals surface area contributed by atoms with Crippen molar-refractivity contribution in [3.8, 4) is 107 Å². The summed E-state index contributed by atoms with van der Waals surface area (Å²) in [5, 5.41) is 15.5. The summed E-state index contributed by atoms with van der Waals surface area (Å²) in [6, 6.07) is 78.6. The van der Waals surface area contributed by atoms with Gasteiger partial charge in [-0.25, -0.2) is 15.0 Å². The van der Waals surface area contributed by atoms with E-state index < -0.39 is 0 Å². The minimum Gasteiger partial charge on any atom is -0.208 e. The first-order valence-corrected chi connectivity index (χ1v) is 21.5. The van der Waals surface area contributed by atoms with Gasteiger partial charge in [-0.3, -0.25) is 0 Å². The zero-order chi connectivity index (χ0) is 42.6. The molecule has 296 valence electrons. The van der Waals surface area contributed by atoms with Crippen LogP contribution in [0.5, 0.6) is 0 Å². The second kappa shape index (κ2) is 15.3. The van der Waals surface area contributed by atoms with Crippen molar-refractivity contribution >= 4 is 21.5 Å². The zero-order valence-corrected chi connectivity index (χ0v) is 34.6. The number of benzene rings is 10. The Morgan fingerprint density at radius 1 is 0.281 bits per heavy atom. The van der Waals surface area contributed by atoms with Crippen molar-refractivity contribution in [3.63, 3.8) is 0 Å². The van der Waals surface area contributed by atoms with Gasteiger partial charge in [-0.1, -0.05) is 206 Å². The Hall–Kier alpha value is -8.78. The second-order valence-electron chi connectivity index (χ2n) is 16.2. The monoisotopic (exact) mass is 812 g/mol. The molecule has 0 fully saturated rings. The van der Waals surface area contributed by atoms with Crippen LogP contribution in [0.25, 0.3) is 122 Å². The molecule has 1 aliphatic rings. The van der Waals surface area contributed by atoms with Crippen LogP contribution in [0.15, 0.2) is 218 Å². The van der Waals surface area contributed by atoms with Gasteiger partial charge in [0.1, 0.15) is 0 Å². The van der Waals surface area contributed by atoms with E-state index >= 15 is 0 Å². The van der Waals surface area contributed by atoms with Crippen LogP contribution >= 0.6 is 0 Å². The van der Waals surface area contributed by atoms with Crippen LogP contribution < -0.4 is 0 Å². The minimum atomic E-state index is 0.579. The molecule has 0 radical (unpaired) electrons. The Labute approximate surface area is 371 Å². The maximum atomic E-state index is 10.7. The van der Waals surface area contributed by atoms with Crippen molar-refractivity contribution in [2.45, 2.75) is 0 Å². The highest BCUT2D eigenvalue weighted by molar-refractivity contribution is 6.19. The van der Waals surface area contributed by atoms with Gasteiger partial charge in [-0.15, -0.1) is 0 Å². The van der Waals surface area contributed by atoms with Crippen LogP contribution in [0, 0.1) is 11.3 Å². The molecule has 1 aromatic heterocycles. The molecular weight excluding hydrogens is 777 g/mol. The highest BCUT2D eigenvalue weighted by atomic mass is 15.0. The second-order valence-corrected chi connectivity index (χ2v) is 16.2. The molecule has 4 nitrogen and oxygen atoms in total. The number of aromatic nitrogens is 3. The molecule has 1 heterocycles. The average molecular weight is 813 g/mol. The van der Waals surface area contributed by atoms with Crippen LogP contribution in [-0.2, 0) is 0 Å². The van der Waals surface area contributed by atoms with Crippen molar-refractivity contribution in [3.05, 3.63) is 224 Å². The van der Waals surface area contributed by atoms with E-state index in [1.54, 1.807) is 0 Å². The molecule has 0 N–H and O–H groups in total. The lowest BCUT2D eigenvalue weighted by Gasteiger charge is -2.18. The van der Waals surface area contributed by atoms with E-state index in [1.165, 1.54) is 38.6 Å². The summed E-state index contributed by atoms with van der Waals surface area (Å²) in [4.78, 5) is 15.4. The van der Waals surface area contributed by atoms with Crippen LogP contribution in [-0.4, -0.2) is 15.0 Å². The van der Waals surface area contributed by atoms with Gasteiger partial charge in [0, 0.05) is 22.3 Å². The molecule has 11 aromatic rings. The molecular formula is C60H36N4. The van der Waals surface area contributed by atoms with Gasteiger partial charge in [0.2, 0.25) is 0 Å². The third-order valence-corrected chi connectivity index (χ3v) is 12.6. The van der Waals surface area contributed by atoms with E-state index in [9.17, 15) is 5.26 Å². The Balaban J connectivity index is 0.987. The number of nitrogens with zero attached hydrogens (tertiary/aromatic N) is 4. The molecule has 0 unspecified atom stereocenters. The fourth-order valence-corrected chi connectivity index (χ4v) is 9.59. The van der Waals surface area contributed by atoms with Gasteiger partial charge in [-0.05, 0) is 94.9 Å². The number of hydrogen-bond acceptors (Lipinski definition) is 4. The van der Waals surface area contributed by atoms with Crippen molar-refractivity contribution in [1.82, 2.24) is 15.0 Å². The first kappa shape index (κ1) is 37.0. The van der Waals surface area contributed by atoms with Gasteiger partial charge in [0.25, 0.3) is 0 Å². The van der Waals surface area contributed by atoms with Gasteiger partial charge in [0.05, 0.1) is 11.6 Å². The van der Waals surface area contributed by atoms with Gasteiger partial charge >= 0.3 is 0 Å². The SMILES string of the molecule is N#Cc1cccc(-c2ccccc2-c2ccccc2-c2nc(-c3ccccc3)nc(-c3ccc4ccccc4c3)n2)c1-c1ccc(-c2ccc3cccc4c3c2-c2ccccc2-4)cc1. The summed E-state index contributed by atoms with van der Waals surface area (Å²) in [6.45, 7) is 0. The highest BCUT2D eigenvalue weighted by Gasteiger charge is 2.25. The smallest absolute Gasteiger partial charge is 0.164 e. The Morgan fingerprint density at radius 2 is 0.781 bits per heavy atom. The van der Waals surface area contributed by atoms with Gasteiger partial charge in [-0.2, -0.15) is 5.26 Å². The number of hydrogen-bond donors (Lipinski definition) is 0. The topological polar surface area (TPSA) is 62.5 Å². The lowest BCUT2D eigenvalue weighted by Crippen LogP contribution is -2.01. The maximum Gasteiger partial charge on any atom is 0.164 e. The van der Waals surface area contributed by atoms with Gasteiger partial charge in [0.15, 0.2) is 17.5 Å². The molecule has 0 saturated heterocycles. The summed E-state index contributed by atoms with van der Waals surface area (Å²) in [6.07, 6.45) is 0. The van der Waals surface area contributed by atoms with Gasteiger partial charge < -0.3 is 0 Å². The molecule has 0 saturated carbocycles. The quantitative estimate of drug-likeness (QED) is 0.161. The van der Waals surface area contributed by atoms with E-state index in [0.717, 1.165) is 66.4 Å². The van der Waals surface area contributed by atoms with Crippen molar-refractivity contribution in [1.29, 1.82) is 5.26 Å². The molecule has 12 rings (SSSR count). The molecule has 64 heavy (non-hydrogen) atoms. The van der Waals surface area contributed by atoms with E-state index in [2.05, 4.69) is 176 Å². The maximum absolute atomic E-state index is 10.7. The van der Waals surface area contributed by atoms with Crippen LogP contribution in [0.1, 0.15) is 5.56 Å². The number of fused-ring (bicyclic) bond motifs is 4. The standard InChI is InChI=1S/C60H36N4/c61-37-45-19-13-26-51(55(45)41-31-29-39(30-32-41)46-35-34-40-18-12-27-52-50-23-8-10-24-53(50)57(46)56(40)52)48-21-7-6-20-47(48)49-22-9-11-25-54(49)60-63-58(42-15-2-1-3-16-42)62-59(64-60)44-33-28-38-14-4-5-17-43(38)36-44/h1-36H. The van der Waals surface area contributed by atoms with Crippen LogP contribution in [0.3, 0.4) is 0 Å². The zero-order valence-electron chi connectivity index (χ0n) is 34.6. The van der Waals surface area contributed by atoms with E-state index in [-0.39, 0.29) is 0 Å². The summed E-state index contributed by atoms with van der Waals surface area (Å²) in [5.74, 6) is 1.79. The largest absolute Gasteiger partial charge is 0.208 e. The molecule has 0 bridgehead atoms. The summed E-state index contributed by atoms with van der Waals surface area (Å²) >= 11 is 0. The molecule has 10 aromatic carbocycles. The number of rotatable bonds is 7. The lowest BCUT2D eigenvalue weighted by atomic mass is 9.85. The molecule has 0 amide bonds. The third kappa shape index (κ3) is 6.18. The normalized spacial score (nSPS) is 11.4. The first-order valence-electron chi connectivity index (χ1n) is 21.5. The first-order chi connectivity index (χ1) is 31.7. The Bertz CT molecular complexity index is 3680. The lowest BCUT2D eigenvalue weighted by molar-refractivity contribution is 1.07. The molecule has 4 heteroatoms. The highest BCUT2D eigenvalue weighted by Crippen LogP contribution is 2.51. The predicted molar refractivity (Wildman–Crippen MR) is 262 cm³/mol. The minimum absolute atomic E-state index is 0.579. The fourth-order valence-electron chi connectivity index (χ4n) is 9.59. The van der Waals surface area contributed by atoms with Crippen LogP contribution in [0.2, 0.25) is 0 Å². The molecule has 1 aliphatic carbocycles. The molecule has 0 spiro atoms. The van der Waals surface area contributed by atoms with Crippen molar-refractivity contribution in [2.75, 3.05) is 0 Å². The van der Waals surface area contributed by atoms with Crippen LogP contribution in [0.4, 0.5) is 0 Å². The summed E-state index contributed by atoms with van der Waals surface area (Å²) < 4.78 is 0. The summed E-state index contributed by atoms with van der Waals surface area (Å²) in [7, 11) is 0. The van der Waals surface area contributed by atoms with E-state index in [0.29, 0.717) is 23.0 Å². The van der Waals surface area contributed by atoms with E-state index in [4.69, 9.17) is 15.0 Å². The molecule has 0 aliphatic heterocycles. The fraction of sp³-hybridized carbons (Fsp3) is 0. The predicted octanol–water partition coefficient (Wildman–Crippen LogP) is 15.4. The van der Waals surface area contributed by atoms with Crippen molar-refractivity contribution < 1.29 is 0 Å².